The van der Waals surface area contributed by atoms with Crippen molar-refractivity contribution in [2.45, 2.75) is 20.4 Å². The fourth-order valence-corrected chi connectivity index (χ4v) is 2.61. The molecule has 0 saturated heterocycles. The number of nitrogens with one attached hydrogen (secondary N) is 1. The third kappa shape index (κ3) is 4.08. The van der Waals surface area contributed by atoms with Crippen molar-refractivity contribution in [1.82, 2.24) is 5.32 Å². The Labute approximate surface area is 149 Å². The predicted molar refractivity (Wildman–Crippen MR) is 95.7 cm³/mol. The second-order valence-electron chi connectivity index (χ2n) is 6.06. The molecule has 0 spiro atoms. The molecule has 3 rings (SSSR count). The lowest BCUT2D eigenvalue weighted by Gasteiger charge is -2.09. The van der Waals surface area contributed by atoms with Crippen LogP contribution in [0.3, 0.4) is 0 Å². The van der Waals surface area contributed by atoms with Crippen LogP contribution in [0.4, 0.5) is 4.39 Å². The second kappa shape index (κ2) is 7.39. The van der Waals surface area contributed by atoms with Crippen molar-refractivity contribution in [1.29, 1.82) is 0 Å². The maximum Gasteiger partial charge on any atom is 0.336 e. The molecule has 5 nitrogen and oxygen atoms in total. The molecule has 1 N–H and O–H groups in total. The molecule has 0 aliphatic rings. The summed E-state index contributed by atoms with van der Waals surface area (Å²) in [5.74, 6) is -0.154. The van der Waals surface area contributed by atoms with E-state index in [1.807, 2.05) is 6.92 Å². The largest absolute Gasteiger partial charge is 0.484 e. The van der Waals surface area contributed by atoms with E-state index >= 15 is 0 Å². The summed E-state index contributed by atoms with van der Waals surface area (Å²) in [5.41, 5.74) is 2.13. The van der Waals surface area contributed by atoms with Gasteiger partial charge in [-0.2, -0.15) is 0 Å². The van der Waals surface area contributed by atoms with Gasteiger partial charge in [0.1, 0.15) is 17.1 Å². The highest BCUT2D eigenvalue weighted by atomic mass is 19.1. The van der Waals surface area contributed by atoms with Gasteiger partial charge in [0, 0.05) is 24.1 Å². The molecule has 134 valence electrons. The minimum absolute atomic E-state index is 0.179. The normalized spacial score (nSPS) is 10.7. The number of halogens is 1. The van der Waals surface area contributed by atoms with Gasteiger partial charge in [-0.15, -0.1) is 0 Å². The van der Waals surface area contributed by atoms with E-state index < -0.39 is 5.63 Å². The number of rotatable bonds is 5. The number of hydrogen-bond donors (Lipinski definition) is 1. The maximum absolute atomic E-state index is 13.2. The van der Waals surface area contributed by atoms with Crippen LogP contribution in [0.25, 0.3) is 11.0 Å². The van der Waals surface area contributed by atoms with E-state index in [-0.39, 0.29) is 24.9 Å². The zero-order valence-corrected chi connectivity index (χ0v) is 14.5. The van der Waals surface area contributed by atoms with Gasteiger partial charge in [0.05, 0.1) is 0 Å². The Balaban J connectivity index is 1.59. The summed E-state index contributed by atoms with van der Waals surface area (Å²) in [7, 11) is 0. The Morgan fingerprint density at radius 2 is 1.92 bits per heavy atom. The molecule has 2 aromatic carbocycles. The number of amides is 1. The molecular formula is C20H18FNO4. The van der Waals surface area contributed by atoms with Gasteiger partial charge in [-0.05, 0) is 48.7 Å². The van der Waals surface area contributed by atoms with E-state index in [2.05, 4.69) is 5.32 Å². The average molecular weight is 355 g/mol. The third-order valence-corrected chi connectivity index (χ3v) is 4.00. The average Bonchev–Trinajstić information content (AvgIpc) is 2.60. The van der Waals surface area contributed by atoms with Gasteiger partial charge in [-0.25, -0.2) is 9.18 Å². The van der Waals surface area contributed by atoms with E-state index in [4.69, 9.17) is 9.15 Å². The molecule has 0 aliphatic heterocycles. The predicted octanol–water partition coefficient (Wildman–Crippen LogP) is 3.24. The van der Waals surface area contributed by atoms with Crippen molar-refractivity contribution in [3.05, 3.63) is 75.4 Å². The summed E-state index contributed by atoms with van der Waals surface area (Å²) >= 11 is 0. The molecular weight excluding hydrogens is 337 g/mol. The molecule has 0 bridgehead atoms. The molecule has 0 fully saturated rings. The van der Waals surface area contributed by atoms with Gasteiger partial charge in [-0.3, -0.25) is 4.79 Å². The Kier molecular flexibility index (Phi) is 5.02. The highest BCUT2D eigenvalue weighted by Crippen LogP contribution is 2.22. The van der Waals surface area contributed by atoms with Crippen LogP contribution in [-0.4, -0.2) is 12.5 Å². The summed E-state index contributed by atoms with van der Waals surface area (Å²) in [4.78, 5) is 23.4. The molecule has 1 aromatic heterocycles. The summed E-state index contributed by atoms with van der Waals surface area (Å²) in [6.45, 7) is 3.60. The zero-order chi connectivity index (χ0) is 18.7. The van der Waals surface area contributed by atoms with Gasteiger partial charge in [0.2, 0.25) is 0 Å². The number of hydrogen-bond acceptors (Lipinski definition) is 4. The number of carbonyl (C=O) groups is 1. The van der Waals surface area contributed by atoms with E-state index in [9.17, 15) is 14.0 Å². The molecule has 0 atom stereocenters. The molecule has 0 saturated carbocycles. The SMILES string of the molecule is Cc1cc(CNC(=O)COc2ccc3c(C)cc(=O)oc3c2)ccc1F. The van der Waals surface area contributed by atoms with Crippen LogP contribution in [0.1, 0.15) is 16.7 Å². The minimum Gasteiger partial charge on any atom is -0.484 e. The number of aryl methyl sites for hydroxylation is 2. The topological polar surface area (TPSA) is 68.5 Å². The standard InChI is InChI=1S/C20H18FNO4/c1-12-8-20(24)26-18-9-15(4-5-16(12)18)25-11-19(23)22-10-14-3-6-17(21)13(2)7-14/h3-9H,10-11H2,1-2H3,(H,22,23). The molecule has 1 heterocycles. The van der Waals surface area contributed by atoms with E-state index in [0.717, 1.165) is 16.5 Å². The molecule has 6 heteroatoms. The van der Waals surface area contributed by atoms with Gasteiger partial charge in [0.15, 0.2) is 6.61 Å². The number of carbonyl (C=O) groups excluding carboxylic acids is 1. The van der Waals surface area contributed by atoms with Crippen molar-refractivity contribution >= 4 is 16.9 Å². The van der Waals surface area contributed by atoms with Crippen LogP contribution in [0, 0.1) is 19.7 Å². The fraction of sp³-hybridized carbons (Fsp3) is 0.200. The first kappa shape index (κ1) is 17.7. The highest BCUT2D eigenvalue weighted by molar-refractivity contribution is 5.81. The molecule has 1 amide bonds. The molecule has 3 aromatic rings. The van der Waals surface area contributed by atoms with Crippen molar-refractivity contribution in [3.63, 3.8) is 0 Å². The van der Waals surface area contributed by atoms with E-state index in [1.165, 1.54) is 12.1 Å². The van der Waals surface area contributed by atoms with Crippen LogP contribution in [0.2, 0.25) is 0 Å². The molecule has 0 aliphatic carbocycles. The first-order chi connectivity index (χ1) is 12.4. The fourth-order valence-electron chi connectivity index (χ4n) is 2.61. The van der Waals surface area contributed by atoms with Crippen LogP contribution in [0.5, 0.6) is 5.75 Å². The zero-order valence-electron chi connectivity index (χ0n) is 14.5. The van der Waals surface area contributed by atoms with Crippen molar-refractivity contribution < 1.29 is 18.3 Å². The lowest BCUT2D eigenvalue weighted by molar-refractivity contribution is -0.123. The Bertz CT molecular complexity index is 1030. The van der Waals surface area contributed by atoms with Crippen LogP contribution < -0.4 is 15.7 Å². The van der Waals surface area contributed by atoms with Gasteiger partial charge >= 0.3 is 5.63 Å². The summed E-state index contributed by atoms with van der Waals surface area (Å²) in [6.07, 6.45) is 0. The van der Waals surface area contributed by atoms with E-state index in [1.54, 1.807) is 37.3 Å². The Hall–Kier alpha value is -3.15. The lowest BCUT2D eigenvalue weighted by atomic mass is 10.1. The first-order valence-corrected chi connectivity index (χ1v) is 8.11. The van der Waals surface area contributed by atoms with Gasteiger partial charge < -0.3 is 14.5 Å². The monoisotopic (exact) mass is 355 g/mol. The Morgan fingerprint density at radius 1 is 1.12 bits per heavy atom. The number of benzene rings is 2. The summed E-state index contributed by atoms with van der Waals surface area (Å²) in [6, 6.07) is 11.2. The van der Waals surface area contributed by atoms with E-state index in [0.29, 0.717) is 16.9 Å². The van der Waals surface area contributed by atoms with Crippen LogP contribution in [-0.2, 0) is 11.3 Å². The number of ether oxygens (including phenoxy) is 1. The first-order valence-electron chi connectivity index (χ1n) is 8.11. The molecule has 0 unspecified atom stereocenters. The third-order valence-electron chi connectivity index (χ3n) is 4.00. The van der Waals surface area contributed by atoms with Crippen LogP contribution >= 0.6 is 0 Å². The lowest BCUT2D eigenvalue weighted by Crippen LogP contribution is -2.28. The highest BCUT2D eigenvalue weighted by Gasteiger charge is 2.07. The van der Waals surface area contributed by atoms with Crippen molar-refractivity contribution in [2.24, 2.45) is 0 Å². The smallest absolute Gasteiger partial charge is 0.336 e. The maximum atomic E-state index is 13.2. The quantitative estimate of drug-likeness (QED) is 0.714. The van der Waals surface area contributed by atoms with Gasteiger partial charge in [0.25, 0.3) is 5.91 Å². The van der Waals surface area contributed by atoms with Crippen LogP contribution in [0.15, 0.2) is 51.7 Å². The number of fused-ring (bicyclic) bond motifs is 1. The minimum atomic E-state index is -0.431. The Morgan fingerprint density at radius 3 is 2.69 bits per heavy atom. The van der Waals surface area contributed by atoms with Crippen molar-refractivity contribution in [3.8, 4) is 5.75 Å². The summed E-state index contributed by atoms with van der Waals surface area (Å²) < 4.78 is 23.8. The van der Waals surface area contributed by atoms with Gasteiger partial charge in [-0.1, -0.05) is 12.1 Å². The molecule has 0 radical (unpaired) electrons. The second-order valence-corrected chi connectivity index (χ2v) is 6.06. The summed E-state index contributed by atoms with van der Waals surface area (Å²) in [5, 5.41) is 3.52. The van der Waals surface area contributed by atoms with Crippen molar-refractivity contribution in [2.75, 3.05) is 6.61 Å². The molecule has 26 heavy (non-hydrogen) atoms.